The monoisotopic (exact) mass is 447 g/mol. The van der Waals surface area contributed by atoms with Crippen LogP contribution in [0.4, 0.5) is 32.2 Å². The Balaban J connectivity index is 1.45. The molecule has 0 bridgehead atoms. The second-order valence-electron chi connectivity index (χ2n) is 8.38. The molecule has 1 aliphatic carbocycles. The van der Waals surface area contributed by atoms with Gasteiger partial charge in [-0.3, -0.25) is 9.58 Å². The van der Waals surface area contributed by atoms with Crippen LogP contribution in [0.3, 0.4) is 0 Å². The highest BCUT2D eigenvalue weighted by molar-refractivity contribution is 5.63. The van der Waals surface area contributed by atoms with Gasteiger partial charge in [-0.1, -0.05) is 0 Å². The summed E-state index contributed by atoms with van der Waals surface area (Å²) in [6.45, 7) is 1.60. The number of piperidine rings is 1. The maximum Gasteiger partial charge on any atom is 0.419 e. The van der Waals surface area contributed by atoms with E-state index in [2.05, 4.69) is 15.0 Å². The maximum atomic E-state index is 13.2. The van der Waals surface area contributed by atoms with Gasteiger partial charge in [-0.2, -0.15) is 31.4 Å². The molecule has 4 heterocycles. The fraction of sp³-hybridized carbons (Fsp3) is 0.579. The Hall–Kier alpha value is -2.34. The molecule has 0 aromatic carbocycles. The second-order valence-corrected chi connectivity index (χ2v) is 8.38. The van der Waals surface area contributed by atoms with Crippen LogP contribution in [0.5, 0.6) is 0 Å². The van der Waals surface area contributed by atoms with Crippen LogP contribution in [0.1, 0.15) is 17.2 Å². The van der Waals surface area contributed by atoms with Crippen LogP contribution in [0.25, 0.3) is 11.3 Å². The van der Waals surface area contributed by atoms with Crippen molar-refractivity contribution in [3.05, 3.63) is 29.6 Å². The molecule has 2 saturated heterocycles. The number of nitrogen functional groups attached to an aromatic ring is 1. The number of anilines is 1. The van der Waals surface area contributed by atoms with Crippen LogP contribution in [0.15, 0.2) is 18.3 Å². The molecule has 6 nitrogen and oxygen atoms in total. The number of rotatable bonds is 4. The van der Waals surface area contributed by atoms with Crippen molar-refractivity contribution in [3.8, 4) is 11.3 Å². The van der Waals surface area contributed by atoms with E-state index >= 15 is 0 Å². The fourth-order valence-corrected chi connectivity index (χ4v) is 4.71. The van der Waals surface area contributed by atoms with E-state index in [-0.39, 0.29) is 29.0 Å². The smallest absolute Gasteiger partial charge is 0.383 e. The molecule has 2 N–H and O–H groups in total. The highest BCUT2D eigenvalue weighted by Crippen LogP contribution is 2.59. The average molecular weight is 447 g/mol. The Morgan fingerprint density at radius 1 is 1.06 bits per heavy atom. The number of nitrogens with two attached hydrogens (primary N) is 1. The molecule has 168 valence electrons. The molecule has 2 aromatic heterocycles. The molecule has 12 heteroatoms. The molecular weight excluding hydrogens is 428 g/mol. The predicted octanol–water partition coefficient (Wildman–Crippen LogP) is 3.15. The number of halogens is 6. The summed E-state index contributed by atoms with van der Waals surface area (Å²) in [5, 5.41) is 4.00. The first kappa shape index (κ1) is 20.6. The summed E-state index contributed by atoms with van der Waals surface area (Å²) in [5.74, 6) is -0.354. The Morgan fingerprint density at radius 3 is 2.29 bits per heavy atom. The van der Waals surface area contributed by atoms with E-state index in [1.807, 2.05) is 0 Å². The van der Waals surface area contributed by atoms with Crippen molar-refractivity contribution in [1.29, 1.82) is 0 Å². The first-order valence-electron chi connectivity index (χ1n) is 9.80. The van der Waals surface area contributed by atoms with E-state index in [0.29, 0.717) is 24.9 Å². The van der Waals surface area contributed by atoms with Gasteiger partial charge in [0.1, 0.15) is 12.4 Å². The molecule has 0 radical (unpaired) electrons. The Kier molecular flexibility index (Phi) is 4.53. The third kappa shape index (κ3) is 3.75. The maximum absolute atomic E-state index is 13.2. The number of ether oxygens (including phenoxy) is 1. The lowest BCUT2D eigenvalue weighted by atomic mass is 10.1. The first-order valence-corrected chi connectivity index (χ1v) is 9.80. The zero-order chi connectivity index (χ0) is 22.1. The molecule has 3 aliphatic rings. The van der Waals surface area contributed by atoms with Gasteiger partial charge in [0.15, 0.2) is 0 Å². The first-order chi connectivity index (χ1) is 14.5. The van der Waals surface area contributed by atoms with E-state index in [9.17, 15) is 26.3 Å². The number of alkyl halides is 6. The fourth-order valence-electron chi connectivity index (χ4n) is 4.71. The van der Waals surface area contributed by atoms with Crippen molar-refractivity contribution in [1.82, 2.24) is 19.7 Å². The minimum atomic E-state index is -4.73. The van der Waals surface area contributed by atoms with Crippen molar-refractivity contribution in [2.75, 3.05) is 32.0 Å². The Morgan fingerprint density at radius 2 is 1.74 bits per heavy atom. The highest BCUT2D eigenvalue weighted by atomic mass is 19.4. The van der Waals surface area contributed by atoms with Gasteiger partial charge in [0.2, 0.25) is 0 Å². The van der Waals surface area contributed by atoms with E-state index in [1.54, 1.807) is 0 Å². The van der Waals surface area contributed by atoms with Crippen molar-refractivity contribution in [2.24, 2.45) is 11.8 Å². The molecule has 0 unspecified atom stereocenters. The van der Waals surface area contributed by atoms with Gasteiger partial charge in [-0.25, -0.2) is 4.98 Å². The van der Waals surface area contributed by atoms with Gasteiger partial charge in [-0.15, -0.1) is 0 Å². The van der Waals surface area contributed by atoms with Gasteiger partial charge in [0, 0.05) is 36.5 Å². The van der Waals surface area contributed by atoms with Gasteiger partial charge in [0.05, 0.1) is 30.5 Å². The third-order valence-electron chi connectivity index (χ3n) is 6.36. The third-order valence-corrected chi connectivity index (χ3v) is 6.36. The quantitative estimate of drug-likeness (QED) is 0.730. The highest BCUT2D eigenvalue weighted by Gasteiger charge is 2.59. The number of likely N-dealkylation sites (tertiary alicyclic amines) is 1. The normalized spacial score (nSPS) is 26.7. The summed E-state index contributed by atoms with van der Waals surface area (Å²) >= 11 is 0. The van der Waals surface area contributed by atoms with E-state index in [0.717, 1.165) is 30.0 Å². The summed E-state index contributed by atoms with van der Waals surface area (Å²) < 4.78 is 85.0. The molecule has 5 rings (SSSR count). The summed E-state index contributed by atoms with van der Waals surface area (Å²) in [6.07, 6.45) is -8.14. The molecule has 31 heavy (non-hydrogen) atoms. The Labute approximate surface area is 173 Å². The summed E-state index contributed by atoms with van der Waals surface area (Å²) in [6, 6.07) is 2.60. The lowest BCUT2D eigenvalue weighted by Crippen LogP contribution is -2.48. The molecule has 3 fully saturated rings. The lowest BCUT2D eigenvalue weighted by Gasteiger charge is -2.35. The number of nitrogens with zero attached hydrogens (tertiary/aromatic N) is 4. The largest absolute Gasteiger partial charge is 0.419 e. The number of hydrogen-bond acceptors (Lipinski definition) is 5. The van der Waals surface area contributed by atoms with Gasteiger partial charge in [0.25, 0.3) is 0 Å². The summed E-state index contributed by atoms with van der Waals surface area (Å²) in [5.41, 5.74) is 4.58. The summed E-state index contributed by atoms with van der Waals surface area (Å²) in [4.78, 5) is 5.86. The van der Waals surface area contributed by atoms with Crippen molar-refractivity contribution >= 4 is 5.82 Å². The Bertz CT molecular complexity index is 987. The lowest BCUT2D eigenvalue weighted by molar-refractivity contribution is -0.143. The zero-order valence-electron chi connectivity index (χ0n) is 16.1. The second kappa shape index (κ2) is 6.83. The van der Waals surface area contributed by atoms with E-state index < -0.39 is 30.3 Å². The number of fused-ring (bicyclic) bond motifs is 1. The number of pyridine rings is 1. The number of hydrogen-bond donors (Lipinski definition) is 1. The SMILES string of the molecule is Nc1ncc(-c2cc([C@H]3[C@@H]4CN(C5COC5)C[C@@H]43)n(CC(F)(F)F)n2)cc1C(F)(F)F. The van der Waals surface area contributed by atoms with Gasteiger partial charge < -0.3 is 10.5 Å². The molecule has 0 spiro atoms. The van der Waals surface area contributed by atoms with E-state index in [1.165, 1.54) is 6.07 Å². The van der Waals surface area contributed by atoms with Gasteiger partial charge in [-0.05, 0) is 24.0 Å². The molecule has 1 saturated carbocycles. The van der Waals surface area contributed by atoms with Crippen LogP contribution in [0.2, 0.25) is 0 Å². The molecule has 0 amide bonds. The van der Waals surface area contributed by atoms with E-state index in [4.69, 9.17) is 10.5 Å². The van der Waals surface area contributed by atoms with Crippen LogP contribution in [0, 0.1) is 11.8 Å². The van der Waals surface area contributed by atoms with Crippen LogP contribution in [-0.2, 0) is 17.5 Å². The van der Waals surface area contributed by atoms with Gasteiger partial charge >= 0.3 is 12.4 Å². The summed E-state index contributed by atoms with van der Waals surface area (Å²) in [7, 11) is 0. The number of aromatic nitrogens is 3. The standard InChI is InChI=1S/C19H19F6N5O/c20-18(21,22)8-30-15(16-11-4-29(5-12(11)16)10-6-31-7-10)2-14(28-30)9-1-13(19(23,24)25)17(26)27-3-9/h1-3,10-12,16H,4-8H2,(H2,26,27)/t11-,12+,16+. The molecule has 2 aromatic rings. The molecule has 3 atom stereocenters. The zero-order valence-corrected chi connectivity index (χ0v) is 16.1. The molecule has 2 aliphatic heterocycles. The minimum absolute atomic E-state index is 0.0199. The van der Waals surface area contributed by atoms with Crippen molar-refractivity contribution < 1.29 is 31.1 Å². The van der Waals surface area contributed by atoms with Crippen molar-refractivity contribution in [2.45, 2.75) is 30.9 Å². The topological polar surface area (TPSA) is 69.2 Å². The molecular formula is C19H19F6N5O. The average Bonchev–Trinajstić information content (AvgIpc) is 2.94. The predicted molar refractivity (Wildman–Crippen MR) is 96.8 cm³/mol. The van der Waals surface area contributed by atoms with Crippen LogP contribution < -0.4 is 5.73 Å². The van der Waals surface area contributed by atoms with Crippen molar-refractivity contribution in [3.63, 3.8) is 0 Å². The minimum Gasteiger partial charge on any atom is -0.383 e. The van der Waals surface area contributed by atoms with Crippen LogP contribution >= 0.6 is 0 Å². The van der Waals surface area contributed by atoms with Crippen LogP contribution in [-0.4, -0.2) is 58.2 Å².